The maximum absolute atomic E-state index is 13.3. The first-order chi connectivity index (χ1) is 15.5. The smallest absolute Gasteiger partial charge is 0.235 e. The molecule has 0 radical (unpaired) electrons. The lowest BCUT2D eigenvalue weighted by Crippen LogP contribution is -2.12. The van der Waals surface area contributed by atoms with Crippen molar-refractivity contribution in [3.63, 3.8) is 0 Å². The van der Waals surface area contributed by atoms with Gasteiger partial charge in [0.05, 0.1) is 18.6 Å². The van der Waals surface area contributed by atoms with Crippen molar-refractivity contribution >= 4 is 11.0 Å². The van der Waals surface area contributed by atoms with Gasteiger partial charge in [-0.25, -0.2) is 0 Å². The molecule has 4 heteroatoms. The number of para-hydroxylation sites is 1. The average Bonchev–Trinajstić information content (AvgIpc) is 2.80. The summed E-state index contributed by atoms with van der Waals surface area (Å²) in [6, 6.07) is 21.5. The van der Waals surface area contributed by atoms with Crippen molar-refractivity contribution in [2.75, 3.05) is 13.2 Å². The van der Waals surface area contributed by atoms with Crippen LogP contribution in [0.4, 0.5) is 0 Å². The standard InChI is InChI=1S/C28H28O4/c1-19-11-13-22(14-12-19)27-28(26(29)24-17-20(2)21(3)18-25(24)32-27)31-16-8-7-15-30-23-9-5-4-6-10-23/h4-6,9-14,17-18H,7-8,15-16H2,1-3H3. The largest absolute Gasteiger partial charge is 0.494 e. The Morgan fingerprint density at radius 2 is 1.44 bits per heavy atom. The highest BCUT2D eigenvalue weighted by Crippen LogP contribution is 2.32. The Bertz CT molecular complexity index is 1250. The molecule has 0 bridgehead atoms. The second-order valence-electron chi connectivity index (χ2n) is 8.11. The summed E-state index contributed by atoms with van der Waals surface area (Å²) >= 11 is 0. The Morgan fingerprint density at radius 3 is 2.16 bits per heavy atom. The monoisotopic (exact) mass is 428 g/mol. The number of benzene rings is 3. The average molecular weight is 429 g/mol. The number of hydrogen-bond donors (Lipinski definition) is 0. The highest BCUT2D eigenvalue weighted by molar-refractivity contribution is 5.83. The van der Waals surface area contributed by atoms with Crippen LogP contribution in [-0.2, 0) is 0 Å². The van der Waals surface area contributed by atoms with Crippen LogP contribution in [0.3, 0.4) is 0 Å². The van der Waals surface area contributed by atoms with Gasteiger partial charge in [0.25, 0.3) is 0 Å². The third-order valence-corrected chi connectivity index (χ3v) is 5.58. The van der Waals surface area contributed by atoms with E-state index in [2.05, 4.69) is 0 Å². The Labute approximate surface area is 188 Å². The van der Waals surface area contributed by atoms with Crippen LogP contribution < -0.4 is 14.9 Å². The topological polar surface area (TPSA) is 48.7 Å². The van der Waals surface area contributed by atoms with Gasteiger partial charge in [-0.1, -0.05) is 48.0 Å². The fourth-order valence-corrected chi connectivity index (χ4v) is 3.54. The molecule has 0 aliphatic rings. The normalized spacial score (nSPS) is 11.0. The number of ether oxygens (including phenoxy) is 2. The molecule has 32 heavy (non-hydrogen) atoms. The fourth-order valence-electron chi connectivity index (χ4n) is 3.54. The van der Waals surface area contributed by atoms with E-state index in [0.29, 0.717) is 29.9 Å². The van der Waals surface area contributed by atoms with E-state index in [1.54, 1.807) is 0 Å². The molecule has 0 fully saturated rings. The summed E-state index contributed by atoms with van der Waals surface area (Å²) in [6.07, 6.45) is 1.59. The lowest BCUT2D eigenvalue weighted by molar-refractivity contribution is 0.263. The summed E-state index contributed by atoms with van der Waals surface area (Å²) in [5.74, 6) is 1.61. The molecule has 0 atom stereocenters. The van der Waals surface area contributed by atoms with E-state index in [1.807, 2.05) is 87.5 Å². The first-order valence-corrected chi connectivity index (χ1v) is 11.0. The zero-order valence-corrected chi connectivity index (χ0v) is 18.8. The minimum absolute atomic E-state index is 0.134. The van der Waals surface area contributed by atoms with Crippen LogP contribution in [0.1, 0.15) is 29.5 Å². The zero-order valence-electron chi connectivity index (χ0n) is 18.8. The van der Waals surface area contributed by atoms with Crippen molar-refractivity contribution in [2.24, 2.45) is 0 Å². The van der Waals surface area contributed by atoms with Crippen molar-refractivity contribution in [3.05, 3.63) is 93.6 Å². The van der Waals surface area contributed by atoms with Gasteiger partial charge in [-0.05, 0) is 69.0 Å². The minimum Gasteiger partial charge on any atom is -0.494 e. The predicted octanol–water partition coefficient (Wildman–Crippen LogP) is 6.62. The molecule has 0 aliphatic heterocycles. The van der Waals surface area contributed by atoms with Crippen molar-refractivity contribution in [3.8, 4) is 22.8 Å². The summed E-state index contributed by atoms with van der Waals surface area (Å²) in [5, 5.41) is 0.548. The minimum atomic E-state index is -0.134. The van der Waals surface area contributed by atoms with E-state index in [1.165, 1.54) is 0 Å². The summed E-state index contributed by atoms with van der Waals surface area (Å²) in [5.41, 5.74) is 4.56. The predicted molar refractivity (Wildman–Crippen MR) is 129 cm³/mol. The van der Waals surface area contributed by atoms with Gasteiger partial charge < -0.3 is 13.9 Å². The quantitative estimate of drug-likeness (QED) is 0.296. The summed E-state index contributed by atoms with van der Waals surface area (Å²) < 4.78 is 18.0. The van der Waals surface area contributed by atoms with Gasteiger partial charge in [0, 0.05) is 5.56 Å². The second-order valence-corrected chi connectivity index (χ2v) is 8.11. The number of unbranched alkanes of at least 4 members (excludes halogenated alkanes) is 1. The number of hydrogen-bond acceptors (Lipinski definition) is 4. The van der Waals surface area contributed by atoms with E-state index < -0.39 is 0 Å². The van der Waals surface area contributed by atoms with Crippen molar-refractivity contribution in [2.45, 2.75) is 33.6 Å². The van der Waals surface area contributed by atoms with Gasteiger partial charge in [0.15, 0.2) is 5.76 Å². The van der Waals surface area contributed by atoms with Crippen LogP contribution in [0.25, 0.3) is 22.3 Å². The number of rotatable bonds is 8. The van der Waals surface area contributed by atoms with E-state index in [4.69, 9.17) is 13.9 Å². The summed E-state index contributed by atoms with van der Waals surface area (Å²) in [6.45, 7) is 7.06. The lowest BCUT2D eigenvalue weighted by atomic mass is 10.0. The molecular formula is C28H28O4. The SMILES string of the molecule is Cc1ccc(-c2oc3cc(C)c(C)cc3c(=O)c2OCCCCOc2ccccc2)cc1. The molecular weight excluding hydrogens is 400 g/mol. The first kappa shape index (κ1) is 21.7. The maximum atomic E-state index is 13.3. The molecule has 0 saturated heterocycles. The molecule has 4 aromatic rings. The Hall–Kier alpha value is -3.53. The highest BCUT2D eigenvalue weighted by atomic mass is 16.5. The fraction of sp³-hybridized carbons (Fsp3) is 0.250. The van der Waals surface area contributed by atoms with Crippen LogP contribution in [0.15, 0.2) is 75.9 Å². The lowest BCUT2D eigenvalue weighted by Gasteiger charge is -2.13. The van der Waals surface area contributed by atoms with Gasteiger partial charge in [0.2, 0.25) is 11.2 Å². The molecule has 0 saturated carbocycles. The van der Waals surface area contributed by atoms with E-state index >= 15 is 0 Å². The summed E-state index contributed by atoms with van der Waals surface area (Å²) in [7, 11) is 0. The van der Waals surface area contributed by atoms with Gasteiger partial charge in [-0.2, -0.15) is 0 Å². The van der Waals surface area contributed by atoms with Gasteiger partial charge >= 0.3 is 0 Å². The maximum Gasteiger partial charge on any atom is 0.235 e. The zero-order chi connectivity index (χ0) is 22.5. The Morgan fingerprint density at radius 1 is 0.781 bits per heavy atom. The second kappa shape index (κ2) is 9.73. The van der Waals surface area contributed by atoms with Crippen LogP contribution in [0, 0.1) is 20.8 Å². The van der Waals surface area contributed by atoms with Crippen molar-refractivity contribution < 1.29 is 13.9 Å². The molecule has 164 valence electrons. The third kappa shape index (κ3) is 4.86. The third-order valence-electron chi connectivity index (χ3n) is 5.58. The first-order valence-electron chi connectivity index (χ1n) is 11.0. The van der Waals surface area contributed by atoms with Crippen molar-refractivity contribution in [1.82, 2.24) is 0 Å². The number of aryl methyl sites for hydroxylation is 3. The highest BCUT2D eigenvalue weighted by Gasteiger charge is 2.18. The molecule has 0 unspecified atom stereocenters. The van der Waals surface area contributed by atoms with Crippen molar-refractivity contribution in [1.29, 1.82) is 0 Å². The molecule has 4 nitrogen and oxygen atoms in total. The van der Waals surface area contributed by atoms with Crippen LogP contribution in [0.5, 0.6) is 11.5 Å². The molecule has 0 amide bonds. The van der Waals surface area contributed by atoms with Crippen LogP contribution in [0.2, 0.25) is 0 Å². The Balaban J connectivity index is 1.55. The van der Waals surface area contributed by atoms with E-state index in [-0.39, 0.29) is 11.2 Å². The van der Waals surface area contributed by atoms with Gasteiger partial charge in [0.1, 0.15) is 11.3 Å². The van der Waals surface area contributed by atoms with Gasteiger partial charge in [-0.15, -0.1) is 0 Å². The Kier molecular flexibility index (Phi) is 6.60. The number of fused-ring (bicyclic) bond motifs is 1. The molecule has 4 rings (SSSR count). The van der Waals surface area contributed by atoms with E-state index in [9.17, 15) is 4.79 Å². The van der Waals surface area contributed by atoms with E-state index in [0.717, 1.165) is 40.8 Å². The van der Waals surface area contributed by atoms with Crippen LogP contribution in [-0.4, -0.2) is 13.2 Å². The molecule has 3 aromatic carbocycles. The van der Waals surface area contributed by atoms with Gasteiger partial charge in [-0.3, -0.25) is 4.79 Å². The summed E-state index contributed by atoms with van der Waals surface area (Å²) in [4.78, 5) is 13.3. The molecule has 0 N–H and O–H groups in total. The molecule has 0 aliphatic carbocycles. The van der Waals surface area contributed by atoms with Crippen LogP contribution >= 0.6 is 0 Å². The molecule has 1 heterocycles. The molecule has 0 spiro atoms. The molecule has 1 aromatic heterocycles.